The minimum atomic E-state index is -3.68. The highest BCUT2D eigenvalue weighted by molar-refractivity contribution is 7.89. The maximum Gasteiger partial charge on any atom is 0.272 e. The van der Waals surface area contributed by atoms with Crippen LogP contribution in [0, 0.1) is 13.8 Å². The molecule has 0 radical (unpaired) electrons. The van der Waals surface area contributed by atoms with E-state index in [2.05, 4.69) is 10.2 Å². The topological polar surface area (TPSA) is 93.3 Å². The van der Waals surface area contributed by atoms with Crippen molar-refractivity contribution < 1.29 is 13.2 Å². The summed E-state index contributed by atoms with van der Waals surface area (Å²) < 4.78 is 31.2. The zero-order valence-corrected chi connectivity index (χ0v) is 19.7. The molecule has 31 heavy (non-hydrogen) atoms. The Kier molecular flexibility index (Phi) is 5.75. The molecule has 11 heteroatoms. The third-order valence-corrected chi connectivity index (χ3v) is 8.70. The van der Waals surface area contributed by atoms with Gasteiger partial charge in [0.25, 0.3) is 5.91 Å². The van der Waals surface area contributed by atoms with E-state index in [1.165, 1.54) is 4.31 Å². The first-order valence-electron chi connectivity index (χ1n) is 10.1. The normalized spacial score (nSPS) is 15.9. The predicted octanol–water partition coefficient (Wildman–Crippen LogP) is 2.04. The van der Waals surface area contributed by atoms with Crippen molar-refractivity contribution in [2.45, 2.75) is 25.2 Å². The summed E-state index contributed by atoms with van der Waals surface area (Å²) in [5.41, 5.74) is 2.37. The number of aromatic nitrogens is 4. The minimum absolute atomic E-state index is 0.134. The van der Waals surface area contributed by atoms with Gasteiger partial charge in [-0.3, -0.25) is 14.2 Å². The monoisotopic (exact) mass is 462 g/mol. The van der Waals surface area contributed by atoms with Gasteiger partial charge in [-0.2, -0.15) is 14.5 Å². The molecule has 3 aromatic heterocycles. The Labute approximate surface area is 185 Å². The Morgan fingerprint density at radius 3 is 2.48 bits per heavy atom. The summed E-state index contributed by atoms with van der Waals surface area (Å²) >= 11 is 1.57. The Balaban J connectivity index is 1.52. The maximum absolute atomic E-state index is 13.3. The molecule has 1 saturated heterocycles. The first-order chi connectivity index (χ1) is 14.7. The van der Waals surface area contributed by atoms with Gasteiger partial charge < -0.3 is 4.90 Å². The molecule has 4 heterocycles. The van der Waals surface area contributed by atoms with E-state index in [1.807, 2.05) is 17.5 Å². The van der Waals surface area contributed by atoms with E-state index in [0.717, 1.165) is 10.6 Å². The van der Waals surface area contributed by atoms with Crippen LogP contribution in [0.2, 0.25) is 0 Å². The summed E-state index contributed by atoms with van der Waals surface area (Å²) in [5, 5.41) is 10.7. The first kappa shape index (κ1) is 21.7. The van der Waals surface area contributed by atoms with Gasteiger partial charge in [0, 0.05) is 40.3 Å². The largest absolute Gasteiger partial charge is 0.336 e. The van der Waals surface area contributed by atoms with E-state index in [0.29, 0.717) is 43.1 Å². The van der Waals surface area contributed by atoms with Crippen molar-refractivity contribution in [3.8, 4) is 10.6 Å². The van der Waals surface area contributed by atoms with Crippen molar-refractivity contribution in [2.24, 2.45) is 14.1 Å². The fraction of sp³-hybridized carbons (Fsp3) is 0.450. The van der Waals surface area contributed by atoms with Crippen LogP contribution in [0.15, 0.2) is 28.5 Å². The Morgan fingerprint density at radius 1 is 1.06 bits per heavy atom. The van der Waals surface area contributed by atoms with Gasteiger partial charge in [-0.05, 0) is 37.8 Å². The first-order valence-corrected chi connectivity index (χ1v) is 12.4. The molecular weight excluding hydrogens is 436 g/mol. The van der Waals surface area contributed by atoms with Gasteiger partial charge in [0.2, 0.25) is 10.0 Å². The third-order valence-electron chi connectivity index (χ3n) is 5.66. The standard InChI is InChI=1S/C20H26N6O3S2/c1-14-19(15(2)23(3)21-14)31(28,29)26-9-6-8-25(10-11-26)20(27)17-13-16(22-24(17)4)18-7-5-12-30-18/h5,7,12-13H,6,8-11H2,1-4H3. The molecule has 0 aromatic carbocycles. The van der Waals surface area contributed by atoms with Crippen LogP contribution < -0.4 is 0 Å². The molecule has 3 aromatic rings. The lowest BCUT2D eigenvalue weighted by atomic mass is 10.2. The fourth-order valence-electron chi connectivity index (χ4n) is 3.97. The van der Waals surface area contributed by atoms with Crippen LogP contribution in [0.5, 0.6) is 0 Å². The number of aryl methyl sites for hydroxylation is 3. The number of nitrogens with zero attached hydrogens (tertiary/aromatic N) is 6. The fourth-order valence-corrected chi connectivity index (χ4v) is 6.52. The maximum atomic E-state index is 13.3. The van der Waals surface area contributed by atoms with Crippen molar-refractivity contribution in [1.82, 2.24) is 28.8 Å². The summed E-state index contributed by atoms with van der Waals surface area (Å²) in [7, 11) is -0.182. The quantitative estimate of drug-likeness (QED) is 0.592. The van der Waals surface area contributed by atoms with E-state index >= 15 is 0 Å². The Morgan fingerprint density at radius 2 is 1.84 bits per heavy atom. The smallest absolute Gasteiger partial charge is 0.272 e. The van der Waals surface area contributed by atoms with Crippen LogP contribution in [-0.2, 0) is 24.1 Å². The highest BCUT2D eigenvalue weighted by atomic mass is 32.2. The highest BCUT2D eigenvalue weighted by Crippen LogP contribution is 2.26. The van der Waals surface area contributed by atoms with Crippen LogP contribution in [0.4, 0.5) is 0 Å². The second kappa shape index (κ2) is 8.21. The van der Waals surface area contributed by atoms with Gasteiger partial charge in [0.05, 0.1) is 16.3 Å². The summed E-state index contributed by atoms with van der Waals surface area (Å²) in [6, 6.07) is 5.72. The summed E-state index contributed by atoms with van der Waals surface area (Å²) in [5.74, 6) is -0.134. The molecular formula is C20H26N6O3S2. The zero-order chi connectivity index (χ0) is 22.3. The molecule has 9 nitrogen and oxygen atoms in total. The van der Waals surface area contributed by atoms with Crippen molar-refractivity contribution in [3.63, 3.8) is 0 Å². The lowest BCUT2D eigenvalue weighted by Crippen LogP contribution is -2.38. The van der Waals surface area contributed by atoms with Crippen molar-refractivity contribution in [1.29, 1.82) is 0 Å². The van der Waals surface area contributed by atoms with E-state index in [1.54, 1.807) is 59.6 Å². The molecule has 0 saturated carbocycles. The van der Waals surface area contributed by atoms with E-state index < -0.39 is 10.0 Å². The number of hydrogen-bond acceptors (Lipinski definition) is 6. The molecule has 0 unspecified atom stereocenters. The molecule has 4 rings (SSSR count). The Bertz CT molecular complexity index is 1210. The molecule has 166 valence electrons. The van der Waals surface area contributed by atoms with Crippen LogP contribution >= 0.6 is 11.3 Å². The van der Waals surface area contributed by atoms with Crippen molar-refractivity contribution in [2.75, 3.05) is 26.2 Å². The van der Waals surface area contributed by atoms with Crippen LogP contribution in [-0.4, -0.2) is 69.3 Å². The van der Waals surface area contributed by atoms with Crippen molar-refractivity contribution >= 4 is 27.3 Å². The van der Waals surface area contributed by atoms with E-state index in [-0.39, 0.29) is 17.3 Å². The van der Waals surface area contributed by atoms with Gasteiger partial charge in [-0.15, -0.1) is 11.3 Å². The number of carbonyl (C=O) groups excluding carboxylic acids is 1. The second-order valence-electron chi connectivity index (χ2n) is 7.69. The van der Waals surface area contributed by atoms with Crippen LogP contribution in [0.1, 0.15) is 28.3 Å². The van der Waals surface area contributed by atoms with Crippen LogP contribution in [0.25, 0.3) is 10.6 Å². The van der Waals surface area contributed by atoms with Gasteiger partial charge in [-0.25, -0.2) is 8.42 Å². The number of amides is 1. The zero-order valence-electron chi connectivity index (χ0n) is 18.1. The number of thiophene rings is 1. The number of rotatable bonds is 4. The second-order valence-corrected chi connectivity index (χ2v) is 10.5. The molecule has 0 aliphatic carbocycles. The van der Waals surface area contributed by atoms with Gasteiger partial charge in [0.15, 0.2) is 0 Å². The molecule has 1 aliphatic rings. The van der Waals surface area contributed by atoms with Gasteiger partial charge >= 0.3 is 0 Å². The average molecular weight is 463 g/mol. The summed E-state index contributed by atoms with van der Waals surface area (Å²) in [6.45, 7) is 4.91. The lowest BCUT2D eigenvalue weighted by Gasteiger charge is -2.22. The molecule has 0 bridgehead atoms. The van der Waals surface area contributed by atoms with Crippen molar-refractivity contribution in [3.05, 3.63) is 40.7 Å². The predicted molar refractivity (Wildman–Crippen MR) is 118 cm³/mol. The average Bonchev–Trinajstić information content (AvgIpc) is 3.37. The Hall–Kier alpha value is -2.50. The number of carbonyl (C=O) groups is 1. The molecule has 1 aliphatic heterocycles. The van der Waals surface area contributed by atoms with Gasteiger partial charge in [-0.1, -0.05) is 6.07 Å². The SMILES string of the molecule is Cc1nn(C)c(C)c1S(=O)(=O)N1CCCN(C(=O)c2cc(-c3cccs3)nn2C)CC1. The van der Waals surface area contributed by atoms with E-state index in [9.17, 15) is 13.2 Å². The number of sulfonamides is 1. The van der Waals surface area contributed by atoms with E-state index in [4.69, 9.17) is 0 Å². The van der Waals surface area contributed by atoms with Gasteiger partial charge in [0.1, 0.15) is 16.3 Å². The lowest BCUT2D eigenvalue weighted by molar-refractivity contribution is 0.0753. The minimum Gasteiger partial charge on any atom is -0.336 e. The number of hydrogen-bond donors (Lipinski definition) is 0. The molecule has 1 amide bonds. The molecule has 0 atom stereocenters. The molecule has 1 fully saturated rings. The molecule has 0 N–H and O–H groups in total. The summed E-state index contributed by atoms with van der Waals surface area (Å²) in [6.07, 6.45) is 0.568. The van der Waals surface area contributed by atoms with Crippen LogP contribution in [0.3, 0.4) is 0 Å². The summed E-state index contributed by atoms with van der Waals surface area (Å²) in [4.78, 5) is 16.2. The third kappa shape index (κ3) is 3.92. The highest BCUT2D eigenvalue weighted by Gasteiger charge is 2.33. The molecule has 0 spiro atoms.